The summed E-state index contributed by atoms with van der Waals surface area (Å²) >= 11 is 0. The Hall–Kier alpha value is -4.79. The molecule has 3 aromatic rings. The number of nitrogens with one attached hydrogen (secondary N) is 2. The summed E-state index contributed by atoms with van der Waals surface area (Å²) in [4.78, 5) is 48.9. The van der Waals surface area contributed by atoms with Crippen LogP contribution in [0.15, 0.2) is 84.9 Å². The van der Waals surface area contributed by atoms with Crippen LogP contribution >= 0.6 is 0 Å². The van der Waals surface area contributed by atoms with Crippen LogP contribution in [0.3, 0.4) is 0 Å². The first-order chi connectivity index (χ1) is 22.7. The van der Waals surface area contributed by atoms with E-state index in [2.05, 4.69) is 10.6 Å². The van der Waals surface area contributed by atoms with Crippen molar-refractivity contribution in [3.05, 3.63) is 102 Å². The van der Waals surface area contributed by atoms with Crippen molar-refractivity contribution in [2.24, 2.45) is 5.73 Å². The molecular weight excluding hydrogens is 635 g/mol. The molecule has 3 aromatic carbocycles. The van der Waals surface area contributed by atoms with E-state index in [1.165, 1.54) is 0 Å². The molecule has 1 saturated heterocycles. The third-order valence-corrected chi connectivity index (χ3v) is 7.23. The first-order valence-corrected chi connectivity index (χ1v) is 14.8. The first kappa shape index (κ1) is 37.7. The van der Waals surface area contributed by atoms with Gasteiger partial charge in [-0.15, -0.1) is 0 Å². The number of Topliss-reactive ketones (excluding diaryl/α,β-unsaturated/α-hetero) is 1. The summed E-state index contributed by atoms with van der Waals surface area (Å²) in [7, 11) is 1.57. The maximum atomic E-state index is 13.7. The van der Waals surface area contributed by atoms with Crippen molar-refractivity contribution in [2.75, 3.05) is 20.3 Å². The Kier molecular flexibility index (Phi) is 13.6. The van der Waals surface area contributed by atoms with Gasteiger partial charge in [-0.3, -0.25) is 14.4 Å². The van der Waals surface area contributed by atoms with E-state index in [9.17, 15) is 27.6 Å². The number of nitrogens with two attached hydrogens (primary N) is 1. The van der Waals surface area contributed by atoms with Gasteiger partial charge in [-0.1, -0.05) is 72.8 Å². The third kappa shape index (κ3) is 12.1. The number of ketones is 1. The number of methoxy groups -OCH3 is 1. The van der Waals surface area contributed by atoms with Gasteiger partial charge < -0.3 is 35.7 Å². The number of aliphatic carboxylic acids is 1. The standard InChI is InChI=1S/C32H37N3O6.C2HF3O2/c1-32(21-41-32)29(36)27(17-22-9-5-3-6-10-22)34-31(38)28(18-23-13-15-25(39-2)16-14-23)35-30(37)26(33)20-40-19-24-11-7-4-8-12-24;3-2(4,5)1(6)7/h3-16,26-28H,17-21,33H2,1-2H3,(H,34,38)(H,35,37);(H,6,7)/t26-,27-,28-,32+;/m0./s1. The van der Waals surface area contributed by atoms with Gasteiger partial charge >= 0.3 is 12.1 Å². The van der Waals surface area contributed by atoms with Crippen LogP contribution in [0.5, 0.6) is 5.75 Å². The van der Waals surface area contributed by atoms with Crippen LogP contribution in [0.25, 0.3) is 0 Å². The van der Waals surface area contributed by atoms with Crippen molar-refractivity contribution < 1.29 is 51.7 Å². The van der Waals surface area contributed by atoms with Crippen LogP contribution < -0.4 is 21.1 Å². The molecule has 48 heavy (non-hydrogen) atoms. The van der Waals surface area contributed by atoms with Gasteiger partial charge in [0, 0.05) is 6.42 Å². The van der Waals surface area contributed by atoms with E-state index in [0.29, 0.717) is 25.4 Å². The van der Waals surface area contributed by atoms with Crippen molar-refractivity contribution in [2.45, 2.75) is 56.3 Å². The predicted molar refractivity (Wildman–Crippen MR) is 168 cm³/mol. The summed E-state index contributed by atoms with van der Waals surface area (Å²) in [6.07, 6.45) is -4.61. The van der Waals surface area contributed by atoms with E-state index in [1.807, 2.05) is 72.8 Å². The summed E-state index contributed by atoms with van der Waals surface area (Å²) in [5.74, 6) is -3.33. The molecule has 4 atom stereocenters. The van der Waals surface area contributed by atoms with Gasteiger partial charge in [-0.25, -0.2) is 4.79 Å². The fourth-order valence-electron chi connectivity index (χ4n) is 4.39. The maximum Gasteiger partial charge on any atom is 0.490 e. The van der Waals surface area contributed by atoms with Crippen molar-refractivity contribution in [1.82, 2.24) is 10.6 Å². The minimum absolute atomic E-state index is 0.0254. The second-order valence-electron chi connectivity index (χ2n) is 11.2. The number of amides is 2. The molecule has 1 fully saturated rings. The molecule has 0 saturated carbocycles. The lowest BCUT2D eigenvalue weighted by molar-refractivity contribution is -0.192. The number of alkyl halides is 3. The fourth-order valence-corrected chi connectivity index (χ4v) is 4.39. The third-order valence-electron chi connectivity index (χ3n) is 7.23. The summed E-state index contributed by atoms with van der Waals surface area (Å²) in [5.41, 5.74) is 7.84. The highest BCUT2D eigenvalue weighted by molar-refractivity contribution is 5.98. The second-order valence-corrected chi connectivity index (χ2v) is 11.2. The van der Waals surface area contributed by atoms with Crippen LogP contribution in [0, 0.1) is 0 Å². The molecule has 0 radical (unpaired) electrons. The van der Waals surface area contributed by atoms with Gasteiger partial charge in [0.05, 0.1) is 33.0 Å². The largest absolute Gasteiger partial charge is 0.497 e. The van der Waals surface area contributed by atoms with Gasteiger partial charge in [0.15, 0.2) is 5.78 Å². The Morgan fingerprint density at radius 3 is 1.83 bits per heavy atom. The minimum Gasteiger partial charge on any atom is -0.497 e. The molecule has 5 N–H and O–H groups in total. The number of hydrogen-bond acceptors (Lipinski definition) is 8. The SMILES string of the molecule is COc1ccc(C[C@H](NC(=O)[C@@H](N)COCc2ccccc2)C(=O)N[C@@H](Cc2ccccc2)C(=O)[C@@]2(C)CO2)cc1.O=C(O)C(F)(F)F. The quantitative estimate of drug-likeness (QED) is 0.177. The molecule has 258 valence electrons. The molecule has 14 heteroatoms. The molecule has 0 bridgehead atoms. The molecule has 0 aliphatic carbocycles. The van der Waals surface area contributed by atoms with Crippen molar-refractivity contribution >= 4 is 23.6 Å². The molecule has 1 heterocycles. The van der Waals surface area contributed by atoms with Gasteiger partial charge in [-0.05, 0) is 42.2 Å². The molecule has 1 aliphatic rings. The molecule has 0 unspecified atom stereocenters. The van der Waals surface area contributed by atoms with Gasteiger partial charge in [-0.2, -0.15) is 13.2 Å². The van der Waals surface area contributed by atoms with Crippen LogP contribution in [0.2, 0.25) is 0 Å². The molecule has 11 nitrogen and oxygen atoms in total. The van der Waals surface area contributed by atoms with Crippen LogP contribution in [-0.2, 0) is 48.1 Å². The predicted octanol–water partition coefficient (Wildman–Crippen LogP) is 2.99. The number of carbonyl (C=O) groups excluding carboxylic acids is 3. The monoisotopic (exact) mass is 673 g/mol. The Morgan fingerprint density at radius 1 is 0.854 bits per heavy atom. The Bertz CT molecular complexity index is 1500. The highest BCUT2D eigenvalue weighted by atomic mass is 19.4. The zero-order chi connectivity index (χ0) is 35.3. The van der Waals surface area contributed by atoms with E-state index in [0.717, 1.165) is 16.7 Å². The average Bonchev–Trinajstić information content (AvgIpc) is 3.83. The lowest BCUT2D eigenvalue weighted by atomic mass is 9.94. The minimum atomic E-state index is -5.08. The summed E-state index contributed by atoms with van der Waals surface area (Å²) in [6, 6.07) is 23.4. The van der Waals surface area contributed by atoms with Crippen LogP contribution in [-0.4, -0.2) is 78.9 Å². The number of carboxylic acids is 1. The molecule has 2 amide bonds. The highest BCUT2D eigenvalue weighted by Crippen LogP contribution is 2.29. The maximum absolute atomic E-state index is 13.7. The van der Waals surface area contributed by atoms with E-state index in [4.69, 9.17) is 29.8 Å². The molecule has 0 aromatic heterocycles. The normalized spacial score (nSPS) is 17.0. The van der Waals surface area contributed by atoms with Gasteiger partial charge in [0.2, 0.25) is 11.8 Å². The van der Waals surface area contributed by atoms with Crippen LogP contribution in [0.4, 0.5) is 13.2 Å². The second kappa shape index (κ2) is 17.4. The van der Waals surface area contributed by atoms with Crippen molar-refractivity contribution in [3.63, 3.8) is 0 Å². The Morgan fingerprint density at radius 2 is 1.33 bits per heavy atom. The number of hydrogen-bond donors (Lipinski definition) is 4. The zero-order valence-electron chi connectivity index (χ0n) is 26.4. The number of benzene rings is 3. The van der Waals surface area contributed by atoms with Crippen molar-refractivity contribution in [3.8, 4) is 5.75 Å². The zero-order valence-corrected chi connectivity index (χ0v) is 26.4. The topological polar surface area (TPSA) is 170 Å². The highest BCUT2D eigenvalue weighted by Gasteiger charge is 2.50. The lowest BCUT2D eigenvalue weighted by Gasteiger charge is -2.25. The number of ether oxygens (including phenoxy) is 3. The Balaban J connectivity index is 0.000000804. The van der Waals surface area contributed by atoms with Gasteiger partial charge in [0.25, 0.3) is 0 Å². The number of carboxylic acid groups (broad SMARTS) is 1. The van der Waals surface area contributed by atoms with Gasteiger partial charge in [0.1, 0.15) is 23.4 Å². The number of carbonyl (C=O) groups is 4. The first-order valence-electron chi connectivity index (χ1n) is 14.8. The van der Waals surface area contributed by atoms with Crippen LogP contribution in [0.1, 0.15) is 23.6 Å². The number of rotatable bonds is 15. The lowest BCUT2D eigenvalue weighted by Crippen LogP contribution is -2.57. The van der Waals surface area contributed by atoms with E-state index in [1.54, 1.807) is 26.2 Å². The molecule has 1 aliphatic heterocycles. The summed E-state index contributed by atoms with van der Waals surface area (Å²) in [5, 5.41) is 12.8. The smallest absolute Gasteiger partial charge is 0.490 e. The van der Waals surface area contributed by atoms with E-state index >= 15 is 0 Å². The Labute approximate surface area is 275 Å². The molecule has 4 rings (SSSR count). The molecular formula is C34H38F3N3O8. The number of halogens is 3. The number of epoxide rings is 1. The van der Waals surface area contributed by atoms with Crippen molar-refractivity contribution in [1.29, 1.82) is 0 Å². The van der Waals surface area contributed by atoms with E-state index < -0.39 is 47.7 Å². The molecule has 0 spiro atoms. The fraction of sp³-hybridized carbons (Fsp3) is 0.353. The summed E-state index contributed by atoms with van der Waals surface area (Å²) < 4.78 is 48.0. The average molecular weight is 674 g/mol. The van der Waals surface area contributed by atoms with E-state index in [-0.39, 0.29) is 18.8 Å². The summed E-state index contributed by atoms with van der Waals surface area (Å²) in [6.45, 7) is 2.30.